The van der Waals surface area contributed by atoms with Gasteiger partial charge in [0.1, 0.15) is 4.99 Å². The van der Waals surface area contributed by atoms with E-state index in [0.29, 0.717) is 4.99 Å². The van der Waals surface area contributed by atoms with Gasteiger partial charge < -0.3 is 10.6 Å². The number of likely N-dealkylation sites (N-methyl/N-ethyl adjacent to an activating group) is 1. The highest BCUT2D eigenvalue weighted by atomic mass is 79.9. The second-order valence-electron chi connectivity index (χ2n) is 5.68. The molecule has 0 amide bonds. The fourth-order valence-electron chi connectivity index (χ4n) is 2.43. The maximum Gasteiger partial charge on any atom is 0.106 e. The van der Waals surface area contributed by atoms with Gasteiger partial charge in [-0.3, -0.25) is 4.90 Å². The maximum atomic E-state index is 5.86. The first kappa shape index (κ1) is 14.8. The molecule has 19 heavy (non-hydrogen) atoms. The molecule has 104 valence electrons. The molecule has 0 aromatic heterocycles. The van der Waals surface area contributed by atoms with E-state index in [0.717, 1.165) is 35.4 Å². The van der Waals surface area contributed by atoms with Crippen LogP contribution in [0.3, 0.4) is 0 Å². The smallest absolute Gasteiger partial charge is 0.106 e. The molecule has 0 radical (unpaired) electrons. The van der Waals surface area contributed by atoms with Gasteiger partial charge in [-0.25, -0.2) is 0 Å². The van der Waals surface area contributed by atoms with Crippen LogP contribution >= 0.6 is 28.1 Å². The van der Waals surface area contributed by atoms with Crippen molar-refractivity contribution in [3.8, 4) is 0 Å². The first-order valence-electron chi connectivity index (χ1n) is 6.37. The van der Waals surface area contributed by atoms with Crippen LogP contribution in [-0.4, -0.2) is 42.1 Å². The number of piperazine rings is 1. The van der Waals surface area contributed by atoms with E-state index in [-0.39, 0.29) is 5.54 Å². The Hall–Kier alpha value is -0.650. The first-order valence-corrected chi connectivity index (χ1v) is 7.57. The summed E-state index contributed by atoms with van der Waals surface area (Å²) in [6.45, 7) is 7.54. The number of hydrogen-bond acceptors (Lipinski definition) is 3. The van der Waals surface area contributed by atoms with Crippen LogP contribution in [-0.2, 0) is 0 Å². The minimum atomic E-state index is 0.152. The van der Waals surface area contributed by atoms with Gasteiger partial charge >= 0.3 is 0 Å². The molecule has 1 aliphatic heterocycles. The number of nitrogens with zero attached hydrogens (tertiary/aromatic N) is 2. The Morgan fingerprint density at radius 1 is 1.37 bits per heavy atom. The lowest BCUT2D eigenvalue weighted by atomic mass is 9.98. The van der Waals surface area contributed by atoms with Crippen molar-refractivity contribution in [2.24, 2.45) is 5.73 Å². The van der Waals surface area contributed by atoms with Crippen molar-refractivity contribution in [1.82, 2.24) is 4.90 Å². The van der Waals surface area contributed by atoms with E-state index in [1.54, 1.807) is 0 Å². The molecular formula is C14H20BrN3S. The maximum absolute atomic E-state index is 5.86. The van der Waals surface area contributed by atoms with E-state index >= 15 is 0 Å². The highest BCUT2D eigenvalue weighted by molar-refractivity contribution is 9.10. The zero-order valence-corrected chi connectivity index (χ0v) is 14.0. The van der Waals surface area contributed by atoms with Gasteiger partial charge in [0.15, 0.2) is 0 Å². The molecule has 1 aromatic rings. The van der Waals surface area contributed by atoms with Crippen molar-refractivity contribution in [1.29, 1.82) is 0 Å². The third kappa shape index (κ3) is 3.09. The molecule has 0 bridgehead atoms. The number of halogens is 1. The van der Waals surface area contributed by atoms with Crippen LogP contribution < -0.4 is 10.6 Å². The van der Waals surface area contributed by atoms with Crippen LogP contribution in [0.5, 0.6) is 0 Å². The minimum absolute atomic E-state index is 0.152. The molecule has 0 spiro atoms. The van der Waals surface area contributed by atoms with Crippen LogP contribution in [0, 0.1) is 0 Å². The Bertz CT molecular complexity index is 501. The van der Waals surface area contributed by atoms with Gasteiger partial charge in [-0.05, 0) is 39.1 Å². The third-order valence-electron chi connectivity index (χ3n) is 3.88. The van der Waals surface area contributed by atoms with Crippen molar-refractivity contribution in [3.05, 3.63) is 28.2 Å². The highest BCUT2D eigenvalue weighted by Gasteiger charge is 2.31. The molecule has 1 heterocycles. The second kappa shape index (κ2) is 5.38. The number of thiocarbonyl (C=S) groups is 1. The van der Waals surface area contributed by atoms with E-state index in [9.17, 15) is 0 Å². The van der Waals surface area contributed by atoms with Crippen LogP contribution in [0.4, 0.5) is 5.69 Å². The third-order valence-corrected chi connectivity index (χ3v) is 4.59. The van der Waals surface area contributed by atoms with Crippen LogP contribution in [0.25, 0.3) is 0 Å². The van der Waals surface area contributed by atoms with Crippen LogP contribution in [0.15, 0.2) is 22.7 Å². The van der Waals surface area contributed by atoms with E-state index < -0.39 is 0 Å². The lowest BCUT2D eigenvalue weighted by Crippen LogP contribution is -2.58. The number of benzene rings is 1. The summed E-state index contributed by atoms with van der Waals surface area (Å²) in [6, 6.07) is 6.14. The molecule has 0 unspecified atom stereocenters. The zero-order chi connectivity index (χ0) is 14.2. The van der Waals surface area contributed by atoms with Gasteiger partial charge in [-0.1, -0.05) is 28.1 Å². The van der Waals surface area contributed by atoms with E-state index in [2.05, 4.69) is 52.7 Å². The van der Waals surface area contributed by atoms with Crippen molar-refractivity contribution in [3.63, 3.8) is 0 Å². The minimum Gasteiger partial charge on any atom is -0.389 e. The molecule has 2 rings (SSSR count). The summed E-state index contributed by atoms with van der Waals surface area (Å²) in [5.41, 5.74) is 8.09. The largest absolute Gasteiger partial charge is 0.389 e. The number of hydrogen-bond donors (Lipinski definition) is 1. The Morgan fingerprint density at radius 3 is 2.63 bits per heavy atom. The SMILES string of the molecule is CN1CCN(c2ccc(Br)cc2C(N)=S)CC1(C)C. The summed E-state index contributed by atoms with van der Waals surface area (Å²) in [6.07, 6.45) is 0. The normalized spacial score (nSPS) is 19.5. The molecule has 0 atom stereocenters. The zero-order valence-electron chi connectivity index (χ0n) is 11.6. The predicted octanol–water partition coefficient (Wildman–Crippen LogP) is 2.61. The summed E-state index contributed by atoms with van der Waals surface area (Å²) < 4.78 is 1.01. The average Bonchev–Trinajstić information content (AvgIpc) is 2.32. The molecule has 0 aliphatic carbocycles. The summed E-state index contributed by atoms with van der Waals surface area (Å²) in [4.78, 5) is 5.22. The monoisotopic (exact) mass is 341 g/mol. The van der Waals surface area contributed by atoms with Gasteiger partial charge in [0.25, 0.3) is 0 Å². The quantitative estimate of drug-likeness (QED) is 0.838. The average molecular weight is 342 g/mol. The van der Waals surface area contributed by atoms with Crippen molar-refractivity contribution in [2.75, 3.05) is 31.6 Å². The van der Waals surface area contributed by atoms with E-state index in [1.807, 2.05) is 12.1 Å². The fraction of sp³-hybridized carbons (Fsp3) is 0.500. The van der Waals surface area contributed by atoms with E-state index in [4.69, 9.17) is 18.0 Å². The van der Waals surface area contributed by atoms with Crippen LogP contribution in [0.1, 0.15) is 19.4 Å². The van der Waals surface area contributed by atoms with Gasteiger partial charge in [0, 0.05) is 40.9 Å². The van der Waals surface area contributed by atoms with Crippen molar-refractivity contribution in [2.45, 2.75) is 19.4 Å². The second-order valence-corrected chi connectivity index (χ2v) is 7.04. The predicted molar refractivity (Wildman–Crippen MR) is 89.0 cm³/mol. The lowest BCUT2D eigenvalue weighted by Gasteiger charge is -2.46. The molecule has 1 aromatic carbocycles. The van der Waals surface area contributed by atoms with Gasteiger partial charge in [-0.15, -0.1) is 0 Å². The van der Waals surface area contributed by atoms with Crippen LogP contribution in [0.2, 0.25) is 0 Å². The van der Waals surface area contributed by atoms with Crippen molar-refractivity contribution >= 4 is 38.8 Å². The summed E-state index contributed by atoms with van der Waals surface area (Å²) in [5.74, 6) is 0. The number of anilines is 1. The molecule has 1 saturated heterocycles. The molecule has 5 heteroatoms. The van der Waals surface area contributed by atoms with Gasteiger partial charge in [0.05, 0.1) is 0 Å². The Morgan fingerprint density at radius 2 is 2.05 bits per heavy atom. The Labute approximate surface area is 128 Å². The Kier molecular flexibility index (Phi) is 4.18. The molecule has 2 N–H and O–H groups in total. The lowest BCUT2D eigenvalue weighted by molar-refractivity contribution is 0.139. The van der Waals surface area contributed by atoms with Crippen molar-refractivity contribution < 1.29 is 0 Å². The standard InChI is InChI=1S/C14H20BrN3S/c1-14(2)9-18(7-6-17(14)3)12-5-4-10(15)8-11(12)13(16)19/h4-5,8H,6-7,9H2,1-3H3,(H2,16,19). The molecule has 1 fully saturated rings. The first-order chi connectivity index (χ1) is 8.81. The number of rotatable bonds is 2. The summed E-state index contributed by atoms with van der Waals surface area (Å²) in [5, 5.41) is 0. The number of nitrogens with two attached hydrogens (primary N) is 1. The van der Waals surface area contributed by atoms with E-state index in [1.165, 1.54) is 0 Å². The van der Waals surface area contributed by atoms with Gasteiger partial charge in [-0.2, -0.15) is 0 Å². The fourth-order valence-corrected chi connectivity index (χ4v) is 2.95. The Balaban J connectivity index is 2.35. The summed E-state index contributed by atoms with van der Waals surface area (Å²) >= 11 is 8.66. The topological polar surface area (TPSA) is 32.5 Å². The highest BCUT2D eigenvalue weighted by Crippen LogP contribution is 2.29. The molecule has 3 nitrogen and oxygen atoms in total. The molecule has 1 aliphatic rings. The molecular weight excluding hydrogens is 322 g/mol. The van der Waals surface area contributed by atoms with Gasteiger partial charge in [0.2, 0.25) is 0 Å². The summed E-state index contributed by atoms with van der Waals surface area (Å²) in [7, 11) is 2.17. The molecule has 0 saturated carbocycles.